The van der Waals surface area contributed by atoms with Crippen molar-refractivity contribution in [1.82, 2.24) is 5.32 Å². The molecule has 4 heteroatoms. The summed E-state index contributed by atoms with van der Waals surface area (Å²) in [5.41, 5.74) is -0.0845. The van der Waals surface area contributed by atoms with Gasteiger partial charge in [-0.3, -0.25) is 0 Å². The number of hydrogen-bond donors (Lipinski definition) is 2. The van der Waals surface area contributed by atoms with E-state index in [1.54, 1.807) is 7.11 Å². The fraction of sp³-hybridized carbons (Fsp3) is 1.00. The second-order valence-corrected chi connectivity index (χ2v) is 5.60. The molecule has 1 aliphatic carbocycles. The Morgan fingerprint density at radius 2 is 2.11 bits per heavy atom. The van der Waals surface area contributed by atoms with Crippen LogP contribution in [0.1, 0.15) is 39.5 Å². The first-order chi connectivity index (χ1) is 8.64. The summed E-state index contributed by atoms with van der Waals surface area (Å²) in [5.74, 6) is 0.521. The SMILES string of the molecule is COCCOCCC1CCCC1(CO)NC(C)C. The maximum atomic E-state index is 9.75. The molecule has 4 nitrogen and oxygen atoms in total. The molecule has 2 unspecified atom stereocenters. The van der Waals surface area contributed by atoms with Crippen molar-refractivity contribution in [2.75, 3.05) is 33.5 Å². The smallest absolute Gasteiger partial charge is 0.0700 e. The third-order valence-electron chi connectivity index (χ3n) is 3.86. The molecule has 0 bridgehead atoms. The van der Waals surface area contributed by atoms with Gasteiger partial charge in [0.05, 0.1) is 19.8 Å². The fourth-order valence-corrected chi connectivity index (χ4v) is 3.05. The van der Waals surface area contributed by atoms with E-state index in [0.717, 1.165) is 19.4 Å². The Labute approximate surface area is 111 Å². The van der Waals surface area contributed by atoms with Gasteiger partial charge in [-0.05, 0) is 25.2 Å². The predicted molar refractivity (Wildman–Crippen MR) is 72.7 cm³/mol. The van der Waals surface area contributed by atoms with Crippen molar-refractivity contribution in [3.8, 4) is 0 Å². The van der Waals surface area contributed by atoms with Crippen LogP contribution in [-0.4, -0.2) is 50.2 Å². The first-order valence-corrected chi connectivity index (χ1v) is 7.10. The lowest BCUT2D eigenvalue weighted by molar-refractivity contribution is 0.0477. The normalized spacial score (nSPS) is 28.2. The highest BCUT2D eigenvalue weighted by Crippen LogP contribution is 2.38. The lowest BCUT2D eigenvalue weighted by Gasteiger charge is -2.37. The minimum absolute atomic E-state index is 0.0845. The van der Waals surface area contributed by atoms with E-state index in [1.807, 2.05) is 0 Å². The number of rotatable bonds is 9. The topological polar surface area (TPSA) is 50.7 Å². The number of nitrogens with one attached hydrogen (secondary N) is 1. The van der Waals surface area contributed by atoms with Crippen LogP contribution in [0.15, 0.2) is 0 Å². The average Bonchev–Trinajstić information content (AvgIpc) is 2.72. The van der Waals surface area contributed by atoms with E-state index in [-0.39, 0.29) is 12.1 Å². The maximum Gasteiger partial charge on any atom is 0.0700 e. The Bertz CT molecular complexity index is 223. The van der Waals surface area contributed by atoms with Gasteiger partial charge in [0, 0.05) is 25.3 Å². The van der Waals surface area contributed by atoms with Gasteiger partial charge in [0.1, 0.15) is 0 Å². The second-order valence-electron chi connectivity index (χ2n) is 5.60. The zero-order valence-corrected chi connectivity index (χ0v) is 12.1. The highest BCUT2D eigenvalue weighted by molar-refractivity contribution is 4.99. The Morgan fingerprint density at radius 1 is 1.33 bits per heavy atom. The van der Waals surface area contributed by atoms with Crippen LogP contribution in [-0.2, 0) is 9.47 Å². The molecule has 0 aromatic heterocycles. The van der Waals surface area contributed by atoms with Crippen molar-refractivity contribution in [3.05, 3.63) is 0 Å². The number of methoxy groups -OCH3 is 1. The zero-order valence-electron chi connectivity index (χ0n) is 12.1. The van der Waals surface area contributed by atoms with Crippen molar-refractivity contribution in [3.63, 3.8) is 0 Å². The largest absolute Gasteiger partial charge is 0.394 e. The minimum atomic E-state index is -0.0845. The van der Waals surface area contributed by atoms with Crippen LogP contribution in [0, 0.1) is 5.92 Å². The summed E-state index contributed by atoms with van der Waals surface area (Å²) in [6, 6.07) is 0.409. The molecule has 0 aromatic carbocycles. The van der Waals surface area contributed by atoms with Gasteiger partial charge in [-0.15, -0.1) is 0 Å². The number of aliphatic hydroxyl groups is 1. The average molecular weight is 259 g/mol. The van der Waals surface area contributed by atoms with E-state index >= 15 is 0 Å². The molecule has 2 N–H and O–H groups in total. The standard InChI is InChI=1S/C14H29NO3/c1-12(2)15-14(11-16)7-4-5-13(14)6-8-18-10-9-17-3/h12-13,15-16H,4-11H2,1-3H3. The van der Waals surface area contributed by atoms with Gasteiger partial charge in [0.25, 0.3) is 0 Å². The van der Waals surface area contributed by atoms with E-state index in [4.69, 9.17) is 9.47 Å². The Morgan fingerprint density at radius 3 is 2.72 bits per heavy atom. The molecular weight excluding hydrogens is 230 g/mol. The number of aliphatic hydroxyl groups excluding tert-OH is 1. The summed E-state index contributed by atoms with van der Waals surface area (Å²) in [7, 11) is 1.68. The van der Waals surface area contributed by atoms with Crippen molar-refractivity contribution < 1.29 is 14.6 Å². The fourth-order valence-electron chi connectivity index (χ4n) is 3.05. The summed E-state index contributed by atoms with van der Waals surface area (Å²) in [6.45, 7) is 6.58. The first-order valence-electron chi connectivity index (χ1n) is 7.10. The quantitative estimate of drug-likeness (QED) is 0.617. The summed E-state index contributed by atoms with van der Waals surface area (Å²) >= 11 is 0. The maximum absolute atomic E-state index is 9.75. The van der Waals surface area contributed by atoms with E-state index in [0.29, 0.717) is 25.2 Å². The Balaban J connectivity index is 2.37. The van der Waals surface area contributed by atoms with Crippen LogP contribution < -0.4 is 5.32 Å². The third kappa shape index (κ3) is 4.50. The van der Waals surface area contributed by atoms with Crippen LogP contribution in [0.5, 0.6) is 0 Å². The van der Waals surface area contributed by atoms with Gasteiger partial charge in [0.2, 0.25) is 0 Å². The Hall–Kier alpha value is -0.160. The molecule has 0 aliphatic heterocycles. The molecule has 0 aromatic rings. The van der Waals surface area contributed by atoms with Crippen molar-refractivity contribution in [2.24, 2.45) is 5.92 Å². The predicted octanol–water partition coefficient (Wildman–Crippen LogP) is 1.57. The van der Waals surface area contributed by atoms with Crippen LogP contribution in [0.4, 0.5) is 0 Å². The van der Waals surface area contributed by atoms with Gasteiger partial charge >= 0.3 is 0 Å². The van der Waals surface area contributed by atoms with E-state index in [1.165, 1.54) is 12.8 Å². The van der Waals surface area contributed by atoms with Gasteiger partial charge in [-0.25, -0.2) is 0 Å². The second kappa shape index (κ2) is 8.10. The molecule has 2 atom stereocenters. The molecule has 108 valence electrons. The van der Waals surface area contributed by atoms with E-state index < -0.39 is 0 Å². The summed E-state index contributed by atoms with van der Waals surface area (Å²) in [6.07, 6.45) is 4.48. The summed E-state index contributed by atoms with van der Waals surface area (Å²) in [4.78, 5) is 0. The van der Waals surface area contributed by atoms with E-state index in [2.05, 4.69) is 19.2 Å². The van der Waals surface area contributed by atoms with Gasteiger partial charge in [-0.1, -0.05) is 20.3 Å². The van der Waals surface area contributed by atoms with Crippen molar-refractivity contribution in [1.29, 1.82) is 0 Å². The summed E-state index contributed by atoms with van der Waals surface area (Å²) in [5, 5.41) is 13.3. The minimum Gasteiger partial charge on any atom is -0.394 e. The third-order valence-corrected chi connectivity index (χ3v) is 3.86. The lowest BCUT2D eigenvalue weighted by Crippen LogP contribution is -2.54. The van der Waals surface area contributed by atoms with Crippen molar-refractivity contribution in [2.45, 2.75) is 51.1 Å². The molecule has 0 heterocycles. The lowest BCUT2D eigenvalue weighted by atomic mass is 9.85. The monoisotopic (exact) mass is 259 g/mol. The molecule has 0 amide bonds. The molecule has 0 radical (unpaired) electrons. The van der Waals surface area contributed by atoms with Gasteiger partial charge in [0.15, 0.2) is 0 Å². The van der Waals surface area contributed by atoms with E-state index in [9.17, 15) is 5.11 Å². The van der Waals surface area contributed by atoms with Crippen molar-refractivity contribution >= 4 is 0 Å². The van der Waals surface area contributed by atoms with Crippen LogP contribution in [0.3, 0.4) is 0 Å². The van der Waals surface area contributed by atoms with Gasteiger partial charge < -0.3 is 19.9 Å². The van der Waals surface area contributed by atoms with Gasteiger partial charge in [-0.2, -0.15) is 0 Å². The molecule has 0 spiro atoms. The van der Waals surface area contributed by atoms with Crippen LogP contribution in [0.2, 0.25) is 0 Å². The zero-order chi connectivity index (χ0) is 13.4. The van der Waals surface area contributed by atoms with Crippen LogP contribution >= 0.6 is 0 Å². The molecule has 1 fully saturated rings. The molecule has 1 aliphatic rings. The molecule has 18 heavy (non-hydrogen) atoms. The molecule has 1 rings (SSSR count). The molecule has 0 saturated heterocycles. The highest BCUT2D eigenvalue weighted by Gasteiger charge is 2.42. The first kappa shape index (κ1) is 15.9. The number of hydrogen-bond acceptors (Lipinski definition) is 4. The molecule has 1 saturated carbocycles. The molecular formula is C14H29NO3. The summed E-state index contributed by atoms with van der Waals surface area (Å²) < 4.78 is 10.5. The number of ether oxygens (including phenoxy) is 2. The Kier molecular flexibility index (Phi) is 7.15. The highest BCUT2D eigenvalue weighted by atomic mass is 16.5. The van der Waals surface area contributed by atoms with Crippen LogP contribution in [0.25, 0.3) is 0 Å².